The van der Waals surface area contributed by atoms with Gasteiger partial charge in [0.1, 0.15) is 5.69 Å². The molecule has 6 heteroatoms. The van der Waals surface area contributed by atoms with Gasteiger partial charge in [-0.3, -0.25) is 4.79 Å². The number of carbonyl (C=O) groups is 1. The Bertz CT molecular complexity index is 581. The molecule has 1 aromatic heterocycles. The lowest BCUT2D eigenvalue weighted by molar-refractivity contribution is 0.111. The second-order valence-electron chi connectivity index (χ2n) is 3.81. The van der Waals surface area contributed by atoms with Crippen molar-refractivity contribution >= 4 is 17.9 Å². The largest absolute Gasteiger partial charge is 0.378 e. The fourth-order valence-electron chi connectivity index (χ4n) is 1.73. The molecule has 0 aliphatic rings. The zero-order valence-electron chi connectivity index (χ0n) is 10.1. The summed E-state index contributed by atoms with van der Waals surface area (Å²) in [6.07, 6.45) is 0.670. The third-order valence-electron chi connectivity index (χ3n) is 2.57. The molecule has 0 aliphatic heterocycles. The molecule has 0 saturated carbocycles. The highest BCUT2D eigenvalue weighted by Crippen LogP contribution is 2.20. The summed E-state index contributed by atoms with van der Waals surface area (Å²) in [4.78, 5) is 10.9. The number of hydrogen-bond donors (Lipinski definition) is 0. The van der Waals surface area contributed by atoms with Crippen LogP contribution in [0.5, 0.6) is 0 Å². The molecular formula is C12H12ClN3O2. The van der Waals surface area contributed by atoms with Crippen molar-refractivity contribution in [2.75, 3.05) is 7.11 Å². The lowest BCUT2D eigenvalue weighted by Gasteiger charge is -2.09. The monoisotopic (exact) mass is 265 g/mol. The zero-order valence-corrected chi connectivity index (χ0v) is 10.8. The van der Waals surface area contributed by atoms with Gasteiger partial charge in [-0.15, -0.1) is 5.10 Å². The Morgan fingerprint density at radius 1 is 1.50 bits per heavy atom. The Morgan fingerprint density at radius 2 is 2.28 bits per heavy atom. The van der Waals surface area contributed by atoms with Crippen LogP contribution in [0.3, 0.4) is 0 Å². The SMILES string of the molecule is COCc1c(C=O)nnn1-c1ccc(Cl)cc1C. The molecule has 1 heterocycles. The van der Waals surface area contributed by atoms with E-state index in [9.17, 15) is 4.79 Å². The molecule has 2 aromatic rings. The quantitative estimate of drug-likeness (QED) is 0.795. The Morgan fingerprint density at radius 3 is 2.89 bits per heavy atom. The Kier molecular flexibility index (Phi) is 3.74. The summed E-state index contributed by atoms with van der Waals surface area (Å²) in [6.45, 7) is 2.18. The third-order valence-corrected chi connectivity index (χ3v) is 2.81. The fourth-order valence-corrected chi connectivity index (χ4v) is 1.95. The number of methoxy groups -OCH3 is 1. The van der Waals surface area contributed by atoms with Gasteiger partial charge in [0, 0.05) is 12.1 Å². The number of rotatable bonds is 4. The van der Waals surface area contributed by atoms with E-state index in [1.54, 1.807) is 17.9 Å². The number of nitrogens with zero attached hydrogens (tertiary/aromatic N) is 3. The van der Waals surface area contributed by atoms with Crippen molar-refractivity contribution in [3.05, 3.63) is 40.2 Å². The van der Waals surface area contributed by atoms with Gasteiger partial charge >= 0.3 is 0 Å². The van der Waals surface area contributed by atoms with E-state index in [0.29, 0.717) is 17.0 Å². The van der Waals surface area contributed by atoms with Gasteiger partial charge < -0.3 is 4.74 Å². The molecule has 18 heavy (non-hydrogen) atoms. The standard InChI is InChI=1S/C12H12ClN3O2/c1-8-5-9(13)3-4-11(8)16-12(7-18-2)10(6-17)14-15-16/h3-6H,7H2,1-2H3. The van der Waals surface area contributed by atoms with Crippen LogP contribution in [0.2, 0.25) is 5.02 Å². The van der Waals surface area contributed by atoms with E-state index in [1.165, 1.54) is 0 Å². The van der Waals surface area contributed by atoms with Crippen LogP contribution in [0.25, 0.3) is 5.69 Å². The number of carbonyl (C=O) groups excluding carboxylic acids is 1. The Balaban J connectivity index is 2.56. The normalized spacial score (nSPS) is 10.6. The molecular weight excluding hydrogens is 254 g/mol. The molecule has 5 nitrogen and oxygen atoms in total. The molecule has 0 aliphatic carbocycles. The number of aromatic nitrogens is 3. The van der Waals surface area contributed by atoms with Crippen LogP contribution in [0.1, 0.15) is 21.7 Å². The average molecular weight is 266 g/mol. The maximum atomic E-state index is 10.9. The van der Waals surface area contributed by atoms with E-state index >= 15 is 0 Å². The van der Waals surface area contributed by atoms with Gasteiger partial charge in [-0.1, -0.05) is 16.8 Å². The van der Waals surface area contributed by atoms with Crippen LogP contribution in [0.4, 0.5) is 0 Å². The highest BCUT2D eigenvalue weighted by atomic mass is 35.5. The first kappa shape index (κ1) is 12.7. The Hall–Kier alpha value is -1.72. The van der Waals surface area contributed by atoms with Crippen LogP contribution in [-0.4, -0.2) is 28.4 Å². The lowest BCUT2D eigenvalue weighted by Crippen LogP contribution is -2.06. The van der Waals surface area contributed by atoms with Gasteiger partial charge in [-0.25, -0.2) is 4.68 Å². The zero-order chi connectivity index (χ0) is 13.1. The lowest BCUT2D eigenvalue weighted by atomic mass is 10.2. The highest BCUT2D eigenvalue weighted by molar-refractivity contribution is 6.30. The first-order chi connectivity index (χ1) is 8.67. The summed E-state index contributed by atoms with van der Waals surface area (Å²) < 4.78 is 6.66. The number of benzene rings is 1. The maximum absolute atomic E-state index is 10.9. The van der Waals surface area contributed by atoms with E-state index in [4.69, 9.17) is 16.3 Å². The van der Waals surface area contributed by atoms with E-state index in [0.717, 1.165) is 11.3 Å². The molecule has 0 bridgehead atoms. The summed E-state index contributed by atoms with van der Waals surface area (Å²) in [5, 5.41) is 8.46. The minimum atomic E-state index is 0.267. The van der Waals surface area contributed by atoms with Crippen LogP contribution in [0, 0.1) is 6.92 Å². The summed E-state index contributed by atoms with van der Waals surface area (Å²) in [5.41, 5.74) is 2.68. The van der Waals surface area contributed by atoms with Crippen molar-refractivity contribution in [1.29, 1.82) is 0 Å². The number of aryl methyl sites for hydroxylation is 1. The number of ether oxygens (including phenoxy) is 1. The van der Waals surface area contributed by atoms with Gasteiger partial charge in [0.15, 0.2) is 12.0 Å². The minimum Gasteiger partial charge on any atom is -0.378 e. The van der Waals surface area contributed by atoms with Gasteiger partial charge in [0.05, 0.1) is 12.3 Å². The first-order valence-electron chi connectivity index (χ1n) is 5.32. The van der Waals surface area contributed by atoms with Gasteiger partial charge in [-0.05, 0) is 30.7 Å². The average Bonchev–Trinajstić information content (AvgIpc) is 2.73. The second kappa shape index (κ2) is 5.29. The molecule has 0 amide bonds. The summed E-state index contributed by atoms with van der Waals surface area (Å²) >= 11 is 5.91. The molecule has 0 radical (unpaired) electrons. The van der Waals surface area contributed by atoms with Crippen LogP contribution in [0.15, 0.2) is 18.2 Å². The van der Waals surface area contributed by atoms with Crippen LogP contribution in [-0.2, 0) is 11.3 Å². The molecule has 0 spiro atoms. The van der Waals surface area contributed by atoms with Crippen LogP contribution < -0.4 is 0 Å². The topological polar surface area (TPSA) is 57.0 Å². The summed E-state index contributed by atoms with van der Waals surface area (Å²) in [6, 6.07) is 5.43. The van der Waals surface area contributed by atoms with Gasteiger partial charge in [0.2, 0.25) is 0 Å². The first-order valence-corrected chi connectivity index (χ1v) is 5.70. The molecule has 0 unspecified atom stereocenters. The molecule has 1 aromatic carbocycles. The minimum absolute atomic E-state index is 0.267. The maximum Gasteiger partial charge on any atom is 0.172 e. The molecule has 2 rings (SSSR count). The van der Waals surface area contributed by atoms with Gasteiger partial charge in [-0.2, -0.15) is 0 Å². The van der Waals surface area contributed by atoms with Crippen molar-refractivity contribution in [3.63, 3.8) is 0 Å². The highest BCUT2D eigenvalue weighted by Gasteiger charge is 2.14. The van der Waals surface area contributed by atoms with E-state index in [1.807, 2.05) is 19.1 Å². The van der Waals surface area contributed by atoms with Crippen molar-refractivity contribution < 1.29 is 9.53 Å². The van der Waals surface area contributed by atoms with Crippen molar-refractivity contribution in [1.82, 2.24) is 15.0 Å². The summed E-state index contributed by atoms with van der Waals surface area (Å²) in [5.74, 6) is 0. The van der Waals surface area contributed by atoms with Gasteiger partial charge in [0.25, 0.3) is 0 Å². The van der Waals surface area contributed by atoms with Crippen LogP contribution >= 0.6 is 11.6 Å². The smallest absolute Gasteiger partial charge is 0.172 e. The van der Waals surface area contributed by atoms with Crippen molar-refractivity contribution in [3.8, 4) is 5.69 Å². The second-order valence-corrected chi connectivity index (χ2v) is 4.25. The summed E-state index contributed by atoms with van der Waals surface area (Å²) in [7, 11) is 1.56. The predicted molar refractivity (Wildman–Crippen MR) is 67.2 cm³/mol. The Labute approximate surface area is 109 Å². The number of hydrogen-bond acceptors (Lipinski definition) is 4. The molecule has 0 saturated heterocycles. The fraction of sp³-hybridized carbons (Fsp3) is 0.250. The van der Waals surface area contributed by atoms with E-state index < -0.39 is 0 Å². The third kappa shape index (κ3) is 2.27. The molecule has 94 valence electrons. The molecule has 0 N–H and O–H groups in total. The number of halogens is 1. The molecule has 0 fully saturated rings. The van der Waals surface area contributed by atoms with E-state index in [-0.39, 0.29) is 12.3 Å². The number of aldehydes is 1. The predicted octanol–water partition coefficient (Wildman–Crippen LogP) is 2.19. The van der Waals surface area contributed by atoms with E-state index in [2.05, 4.69) is 10.3 Å². The van der Waals surface area contributed by atoms with Crippen molar-refractivity contribution in [2.24, 2.45) is 0 Å². The van der Waals surface area contributed by atoms with Crippen molar-refractivity contribution in [2.45, 2.75) is 13.5 Å². The molecule has 0 atom stereocenters.